The van der Waals surface area contributed by atoms with Crippen LogP contribution in [0.3, 0.4) is 0 Å². The fourth-order valence-electron chi connectivity index (χ4n) is 2.52. The van der Waals surface area contributed by atoms with Gasteiger partial charge in [0.25, 0.3) is 0 Å². The molecule has 0 spiro atoms. The van der Waals surface area contributed by atoms with E-state index in [0.29, 0.717) is 46.8 Å². The van der Waals surface area contributed by atoms with Crippen LogP contribution < -0.4 is 9.47 Å². The van der Waals surface area contributed by atoms with Crippen molar-refractivity contribution in [1.82, 2.24) is 0 Å². The van der Waals surface area contributed by atoms with Gasteiger partial charge in [-0.1, -0.05) is 30.8 Å². The number of benzene rings is 2. The van der Waals surface area contributed by atoms with Crippen LogP contribution in [-0.4, -0.2) is 26.3 Å². The summed E-state index contributed by atoms with van der Waals surface area (Å²) in [7, 11) is 1.57. The second-order valence-corrected chi connectivity index (χ2v) is 6.32. The van der Waals surface area contributed by atoms with Gasteiger partial charge in [-0.15, -0.1) is 0 Å². The van der Waals surface area contributed by atoms with Gasteiger partial charge >= 0.3 is 5.97 Å². The first-order valence-electron chi connectivity index (χ1n) is 9.22. The molecule has 0 unspecified atom stereocenters. The number of nitriles is 1. The molecule has 0 amide bonds. The molecule has 0 N–H and O–H groups in total. The predicted molar refractivity (Wildman–Crippen MR) is 114 cm³/mol. The number of hydrogen-bond donors (Lipinski definition) is 0. The van der Waals surface area contributed by atoms with E-state index in [1.54, 1.807) is 62.6 Å². The third kappa shape index (κ3) is 5.98. The molecule has 30 heavy (non-hydrogen) atoms. The van der Waals surface area contributed by atoms with Gasteiger partial charge in [-0.3, -0.25) is 0 Å². The zero-order valence-electron chi connectivity index (χ0n) is 17.0. The van der Waals surface area contributed by atoms with Gasteiger partial charge in [-0.2, -0.15) is 5.26 Å². The Morgan fingerprint density at radius 1 is 1.07 bits per heavy atom. The maximum absolute atomic E-state index is 11.3. The summed E-state index contributed by atoms with van der Waals surface area (Å²) in [5.41, 5.74) is 2.19. The van der Waals surface area contributed by atoms with Crippen molar-refractivity contribution in [3.8, 4) is 17.6 Å². The van der Waals surface area contributed by atoms with Crippen LogP contribution in [0.25, 0.3) is 16.1 Å². The maximum atomic E-state index is 11.3. The van der Waals surface area contributed by atoms with E-state index in [4.69, 9.17) is 20.8 Å². The topological polar surface area (TPSA) is 72.9 Å². The molecule has 0 aliphatic heterocycles. The van der Waals surface area contributed by atoms with E-state index in [2.05, 4.69) is 17.5 Å². The zero-order valence-corrected chi connectivity index (χ0v) is 17.0. The lowest BCUT2D eigenvalue weighted by Gasteiger charge is -2.09. The van der Waals surface area contributed by atoms with Crippen molar-refractivity contribution in [1.29, 1.82) is 5.26 Å². The molecule has 6 heteroatoms. The van der Waals surface area contributed by atoms with E-state index in [-0.39, 0.29) is 12.3 Å². The second kappa shape index (κ2) is 11.1. The van der Waals surface area contributed by atoms with E-state index < -0.39 is 5.97 Å². The summed E-state index contributed by atoms with van der Waals surface area (Å²) in [4.78, 5) is 14.9. The Morgan fingerprint density at radius 2 is 1.67 bits per heavy atom. The number of carbonyl (C=O) groups excluding carboxylic acids is 1. The molecule has 0 radical (unpaired) electrons. The molecule has 0 bridgehead atoms. The molecule has 0 aliphatic rings. The minimum atomic E-state index is -0.414. The molecule has 2 aromatic rings. The van der Waals surface area contributed by atoms with Crippen LogP contribution in [0.15, 0.2) is 60.7 Å². The number of hydrogen-bond acceptors (Lipinski definition) is 5. The number of ether oxygens (including phenoxy) is 3. The summed E-state index contributed by atoms with van der Waals surface area (Å²) in [5.74, 6) is 0.886. The lowest BCUT2D eigenvalue weighted by molar-refractivity contribution is -0.139. The Balaban J connectivity index is 2.06. The van der Waals surface area contributed by atoms with Crippen molar-refractivity contribution >= 4 is 17.2 Å². The minimum absolute atomic E-state index is 0.252. The van der Waals surface area contributed by atoms with Gasteiger partial charge in [0.15, 0.2) is 0 Å². The highest BCUT2D eigenvalue weighted by atomic mass is 16.5. The SMILES string of the molecule is [C-]#[N+]C(=C(C#N)c1ccc(OC)cc1)c1ccc(OCCCOC(=O)C(=C)C)cc1. The summed E-state index contributed by atoms with van der Waals surface area (Å²) in [6.07, 6.45) is 0.546. The highest BCUT2D eigenvalue weighted by Crippen LogP contribution is 2.29. The number of nitrogens with zero attached hydrogens (tertiary/aromatic N) is 2. The van der Waals surface area contributed by atoms with E-state index in [9.17, 15) is 10.1 Å². The summed E-state index contributed by atoms with van der Waals surface area (Å²) in [6, 6.07) is 16.1. The Labute approximate surface area is 176 Å². The summed E-state index contributed by atoms with van der Waals surface area (Å²) in [5, 5.41) is 9.61. The molecule has 0 atom stereocenters. The summed E-state index contributed by atoms with van der Waals surface area (Å²) in [6.45, 7) is 13.3. The fourth-order valence-corrected chi connectivity index (χ4v) is 2.52. The molecule has 2 rings (SSSR count). The standard InChI is InChI=1S/C24H22N2O4/c1-17(2)24(27)30-15-5-14-29-21-12-8-19(9-13-21)23(26-3)22(16-25)18-6-10-20(28-4)11-7-18/h6-13H,1,5,14-15H2,2,4H3. The van der Waals surface area contributed by atoms with Gasteiger partial charge in [-0.25, -0.2) is 9.64 Å². The molecule has 0 aliphatic carbocycles. The zero-order chi connectivity index (χ0) is 21.9. The number of esters is 1. The molecule has 0 saturated heterocycles. The smallest absolute Gasteiger partial charge is 0.333 e. The van der Waals surface area contributed by atoms with Crippen molar-refractivity contribution in [2.24, 2.45) is 0 Å². The molecule has 0 saturated carbocycles. The highest BCUT2D eigenvalue weighted by molar-refractivity contribution is 5.99. The number of rotatable bonds is 9. The first-order chi connectivity index (χ1) is 14.5. The number of carbonyl (C=O) groups is 1. The van der Waals surface area contributed by atoms with Crippen LogP contribution in [0, 0.1) is 17.9 Å². The van der Waals surface area contributed by atoms with Crippen molar-refractivity contribution < 1.29 is 19.0 Å². The largest absolute Gasteiger partial charge is 0.497 e. The van der Waals surface area contributed by atoms with Gasteiger partial charge in [0, 0.05) is 12.0 Å². The lowest BCUT2D eigenvalue weighted by atomic mass is 10.0. The molecular formula is C24H22N2O4. The molecule has 2 aromatic carbocycles. The highest BCUT2D eigenvalue weighted by Gasteiger charge is 2.12. The van der Waals surface area contributed by atoms with Crippen LogP contribution >= 0.6 is 0 Å². The minimum Gasteiger partial charge on any atom is -0.497 e. The summed E-state index contributed by atoms with van der Waals surface area (Å²) < 4.78 is 15.8. The number of methoxy groups -OCH3 is 1. The Morgan fingerprint density at radius 3 is 2.20 bits per heavy atom. The van der Waals surface area contributed by atoms with Crippen LogP contribution in [0.1, 0.15) is 24.5 Å². The Bertz CT molecular complexity index is 1010. The first-order valence-corrected chi connectivity index (χ1v) is 9.22. The molecule has 152 valence electrons. The van der Waals surface area contributed by atoms with Crippen LogP contribution in [0.4, 0.5) is 0 Å². The average molecular weight is 402 g/mol. The fraction of sp³-hybridized carbons (Fsp3) is 0.208. The van der Waals surface area contributed by atoms with Crippen molar-refractivity contribution in [3.05, 3.63) is 83.2 Å². The first kappa shape index (κ1) is 22.3. The molecular weight excluding hydrogens is 380 g/mol. The van der Waals surface area contributed by atoms with Crippen LogP contribution in [0.5, 0.6) is 11.5 Å². The molecule has 0 fully saturated rings. The quantitative estimate of drug-likeness (QED) is 0.149. The van der Waals surface area contributed by atoms with Crippen LogP contribution in [-0.2, 0) is 9.53 Å². The molecule has 0 aromatic heterocycles. The van der Waals surface area contributed by atoms with Gasteiger partial charge in [0.05, 0.1) is 38.5 Å². The van der Waals surface area contributed by atoms with Gasteiger partial charge < -0.3 is 14.2 Å². The van der Waals surface area contributed by atoms with E-state index in [1.165, 1.54) is 0 Å². The third-order valence-corrected chi connectivity index (χ3v) is 4.11. The lowest BCUT2D eigenvalue weighted by Crippen LogP contribution is -2.09. The molecule has 0 heterocycles. The van der Waals surface area contributed by atoms with Crippen molar-refractivity contribution in [2.75, 3.05) is 20.3 Å². The second-order valence-electron chi connectivity index (χ2n) is 6.32. The average Bonchev–Trinajstić information content (AvgIpc) is 2.77. The normalized spacial score (nSPS) is 10.8. The molecule has 6 nitrogen and oxygen atoms in total. The van der Waals surface area contributed by atoms with Gasteiger partial charge in [-0.05, 0) is 42.3 Å². The Kier molecular flexibility index (Phi) is 8.23. The van der Waals surface area contributed by atoms with E-state index in [1.807, 2.05) is 0 Å². The van der Waals surface area contributed by atoms with Gasteiger partial charge in [0.2, 0.25) is 5.70 Å². The van der Waals surface area contributed by atoms with Crippen molar-refractivity contribution in [3.63, 3.8) is 0 Å². The third-order valence-electron chi connectivity index (χ3n) is 4.11. The summed E-state index contributed by atoms with van der Waals surface area (Å²) >= 11 is 0. The van der Waals surface area contributed by atoms with Gasteiger partial charge in [0.1, 0.15) is 11.5 Å². The van der Waals surface area contributed by atoms with Crippen molar-refractivity contribution in [2.45, 2.75) is 13.3 Å². The monoisotopic (exact) mass is 402 g/mol. The predicted octanol–water partition coefficient (Wildman–Crippen LogP) is 4.89. The van der Waals surface area contributed by atoms with E-state index >= 15 is 0 Å². The van der Waals surface area contributed by atoms with Crippen LogP contribution in [0.2, 0.25) is 0 Å². The maximum Gasteiger partial charge on any atom is 0.333 e. The number of allylic oxidation sites excluding steroid dienone is 1. The Hall–Kier alpha value is -4.03. The van der Waals surface area contributed by atoms with E-state index in [0.717, 1.165) is 0 Å².